The molecule has 2 aromatic rings. The van der Waals surface area contributed by atoms with E-state index in [1.165, 1.54) is 18.3 Å². The summed E-state index contributed by atoms with van der Waals surface area (Å²) in [6.45, 7) is 1.45. The van der Waals surface area contributed by atoms with Crippen LogP contribution in [0.5, 0.6) is 0 Å². The van der Waals surface area contributed by atoms with Gasteiger partial charge in [-0.05, 0) is 30.9 Å². The number of aromatic nitrogens is 2. The second kappa shape index (κ2) is 6.95. The largest absolute Gasteiger partial charge is 0.360 e. The van der Waals surface area contributed by atoms with E-state index in [0.717, 1.165) is 37.1 Å². The molecule has 1 atom stereocenters. The molecular formula is C16H20N4O2S. The average molecular weight is 332 g/mol. The van der Waals surface area contributed by atoms with Crippen LogP contribution in [0, 0.1) is 5.92 Å². The molecular weight excluding hydrogens is 312 g/mol. The zero-order valence-corrected chi connectivity index (χ0v) is 13.8. The molecule has 0 aliphatic heterocycles. The predicted octanol–water partition coefficient (Wildman–Crippen LogP) is 2.77. The number of amides is 2. The highest BCUT2D eigenvalue weighted by atomic mass is 32.1. The summed E-state index contributed by atoms with van der Waals surface area (Å²) < 4.78 is 0. The van der Waals surface area contributed by atoms with Crippen LogP contribution in [0.3, 0.4) is 0 Å². The molecule has 7 heteroatoms. The number of anilines is 1. The van der Waals surface area contributed by atoms with Gasteiger partial charge in [0.15, 0.2) is 5.13 Å². The van der Waals surface area contributed by atoms with Gasteiger partial charge in [-0.3, -0.25) is 9.59 Å². The smallest absolute Gasteiger partial charge is 0.249 e. The minimum atomic E-state index is -0.479. The summed E-state index contributed by atoms with van der Waals surface area (Å²) in [5.74, 6) is -0.149. The lowest BCUT2D eigenvalue weighted by molar-refractivity contribution is -0.126. The zero-order valence-electron chi connectivity index (χ0n) is 13.0. The van der Waals surface area contributed by atoms with Crippen molar-refractivity contribution < 1.29 is 9.59 Å². The molecule has 1 aliphatic carbocycles. The van der Waals surface area contributed by atoms with E-state index in [0.29, 0.717) is 5.13 Å². The van der Waals surface area contributed by atoms with Crippen LogP contribution in [0.1, 0.15) is 32.6 Å². The number of rotatable bonds is 5. The lowest BCUT2D eigenvalue weighted by Crippen LogP contribution is -2.47. The number of carbonyl (C=O) groups excluding carboxylic acids is 2. The lowest BCUT2D eigenvalue weighted by Gasteiger charge is -2.22. The number of H-pyrrole nitrogens is 1. The molecule has 0 bridgehead atoms. The topological polar surface area (TPSA) is 86.9 Å². The summed E-state index contributed by atoms with van der Waals surface area (Å²) in [6.07, 6.45) is 6.01. The Balaban J connectivity index is 1.69. The number of thiazole rings is 1. The fourth-order valence-electron chi connectivity index (χ4n) is 3.03. The molecule has 1 saturated carbocycles. The standard InChI is InChI=1S/C16H20N4O2S/c1-10(21)18-14(11-5-2-3-6-11)15(22)20-16-19-13(9-23-16)12-7-4-8-17-12/h4,7-9,11,14,17H,2-3,5-6H2,1H3,(H,18,21)(H,19,20,22). The minimum Gasteiger partial charge on any atom is -0.360 e. The number of carbonyl (C=O) groups is 2. The highest BCUT2D eigenvalue weighted by molar-refractivity contribution is 7.14. The maximum absolute atomic E-state index is 12.6. The highest BCUT2D eigenvalue weighted by Crippen LogP contribution is 2.29. The third kappa shape index (κ3) is 3.79. The lowest BCUT2D eigenvalue weighted by atomic mass is 9.97. The van der Waals surface area contributed by atoms with Crippen molar-refractivity contribution in [3.05, 3.63) is 23.7 Å². The Hall–Kier alpha value is -2.15. The van der Waals surface area contributed by atoms with Gasteiger partial charge in [0.2, 0.25) is 11.8 Å². The Labute approximate surface area is 138 Å². The molecule has 2 amide bonds. The molecule has 2 heterocycles. The first-order valence-corrected chi connectivity index (χ1v) is 8.68. The molecule has 1 aliphatic rings. The number of hydrogen-bond acceptors (Lipinski definition) is 4. The summed E-state index contributed by atoms with van der Waals surface area (Å²) in [5, 5.41) is 8.08. The molecule has 0 radical (unpaired) electrons. The van der Waals surface area contributed by atoms with E-state index in [2.05, 4.69) is 20.6 Å². The van der Waals surface area contributed by atoms with Gasteiger partial charge in [-0.25, -0.2) is 4.98 Å². The summed E-state index contributed by atoms with van der Waals surface area (Å²) in [7, 11) is 0. The third-order valence-electron chi connectivity index (χ3n) is 4.12. The van der Waals surface area contributed by atoms with Crippen molar-refractivity contribution in [1.82, 2.24) is 15.3 Å². The summed E-state index contributed by atoms with van der Waals surface area (Å²) in [6, 6.07) is 3.35. The summed E-state index contributed by atoms with van der Waals surface area (Å²) in [4.78, 5) is 31.5. The van der Waals surface area contributed by atoms with Crippen molar-refractivity contribution in [3.63, 3.8) is 0 Å². The van der Waals surface area contributed by atoms with Crippen LogP contribution < -0.4 is 10.6 Å². The van der Waals surface area contributed by atoms with Crippen molar-refractivity contribution >= 4 is 28.3 Å². The zero-order chi connectivity index (χ0) is 16.2. The van der Waals surface area contributed by atoms with Crippen molar-refractivity contribution in [3.8, 4) is 11.4 Å². The van der Waals surface area contributed by atoms with Gasteiger partial charge in [0.1, 0.15) is 6.04 Å². The van der Waals surface area contributed by atoms with Crippen LogP contribution in [0.2, 0.25) is 0 Å². The van der Waals surface area contributed by atoms with E-state index < -0.39 is 6.04 Å². The molecule has 0 spiro atoms. The first-order chi connectivity index (χ1) is 11.1. The maximum Gasteiger partial charge on any atom is 0.249 e. The molecule has 6 nitrogen and oxygen atoms in total. The summed E-state index contributed by atoms with van der Waals surface area (Å²) >= 11 is 1.38. The quantitative estimate of drug-likeness (QED) is 0.787. The van der Waals surface area contributed by atoms with Gasteiger partial charge < -0.3 is 15.6 Å². The minimum absolute atomic E-state index is 0.178. The second-order valence-electron chi connectivity index (χ2n) is 5.83. The first kappa shape index (κ1) is 15.7. The first-order valence-electron chi connectivity index (χ1n) is 7.81. The molecule has 3 N–H and O–H groups in total. The van der Waals surface area contributed by atoms with Gasteiger partial charge in [-0.2, -0.15) is 0 Å². The van der Waals surface area contributed by atoms with Crippen LogP contribution in [-0.2, 0) is 9.59 Å². The Kier molecular flexibility index (Phi) is 4.76. The van der Waals surface area contributed by atoms with Gasteiger partial charge in [-0.1, -0.05) is 12.8 Å². The van der Waals surface area contributed by atoms with E-state index >= 15 is 0 Å². The Morgan fingerprint density at radius 3 is 2.83 bits per heavy atom. The van der Waals surface area contributed by atoms with E-state index in [1.54, 1.807) is 0 Å². The van der Waals surface area contributed by atoms with Crippen LogP contribution in [0.15, 0.2) is 23.7 Å². The molecule has 1 fully saturated rings. The average Bonchev–Trinajstić information content (AvgIpc) is 3.25. The van der Waals surface area contributed by atoms with Gasteiger partial charge in [0, 0.05) is 18.5 Å². The van der Waals surface area contributed by atoms with Gasteiger partial charge in [0.25, 0.3) is 0 Å². The molecule has 0 saturated heterocycles. The van der Waals surface area contributed by atoms with Crippen LogP contribution >= 0.6 is 11.3 Å². The predicted molar refractivity (Wildman–Crippen MR) is 90.1 cm³/mol. The Bertz CT molecular complexity index is 674. The van der Waals surface area contributed by atoms with E-state index in [4.69, 9.17) is 0 Å². The fraction of sp³-hybridized carbons (Fsp3) is 0.438. The van der Waals surface area contributed by atoms with Gasteiger partial charge >= 0.3 is 0 Å². The van der Waals surface area contributed by atoms with Crippen molar-refractivity contribution in [2.75, 3.05) is 5.32 Å². The van der Waals surface area contributed by atoms with Gasteiger partial charge in [0.05, 0.1) is 11.4 Å². The highest BCUT2D eigenvalue weighted by Gasteiger charge is 2.31. The Morgan fingerprint density at radius 1 is 1.39 bits per heavy atom. The van der Waals surface area contributed by atoms with E-state index in [9.17, 15) is 9.59 Å². The van der Waals surface area contributed by atoms with Crippen molar-refractivity contribution in [2.24, 2.45) is 5.92 Å². The molecule has 23 heavy (non-hydrogen) atoms. The van der Waals surface area contributed by atoms with Crippen molar-refractivity contribution in [1.29, 1.82) is 0 Å². The van der Waals surface area contributed by atoms with E-state index in [-0.39, 0.29) is 17.7 Å². The molecule has 122 valence electrons. The number of hydrogen-bond donors (Lipinski definition) is 3. The monoisotopic (exact) mass is 332 g/mol. The van der Waals surface area contributed by atoms with E-state index in [1.807, 2.05) is 23.7 Å². The van der Waals surface area contributed by atoms with Crippen LogP contribution in [0.4, 0.5) is 5.13 Å². The van der Waals surface area contributed by atoms with Crippen molar-refractivity contribution in [2.45, 2.75) is 38.6 Å². The number of aromatic amines is 1. The molecule has 3 rings (SSSR count). The Morgan fingerprint density at radius 2 is 2.17 bits per heavy atom. The van der Waals surface area contributed by atoms with Gasteiger partial charge in [-0.15, -0.1) is 11.3 Å². The SMILES string of the molecule is CC(=O)NC(C(=O)Nc1nc(-c2ccc[nH]2)cs1)C1CCCC1. The third-order valence-corrected chi connectivity index (χ3v) is 4.88. The molecule has 2 aromatic heterocycles. The van der Waals surface area contributed by atoms with Crippen LogP contribution in [0.25, 0.3) is 11.4 Å². The second-order valence-corrected chi connectivity index (χ2v) is 6.69. The number of nitrogens with one attached hydrogen (secondary N) is 3. The van der Waals surface area contributed by atoms with Crippen LogP contribution in [-0.4, -0.2) is 27.8 Å². The maximum atomic E-state index is 12.6. The fourth-order valence-corrected chi connectivity index (χ4v) is 3.75. The molecule has 1 unspecified atom stereocenters. The number of nitrogens with zero attached hydrogens (tertiary/aromatic N) is 1. The molecule has 0 aromatic carbocycles. The summed E-state index contributed by atoms with van der Waals surface area (Å²) in [5.41, 5.74) is 1.71. The normalized spacial score (nSPS) is 16.2.